The molecular weight excluding hydrogens is 520 g/mol. The molecule has 1 atom stereocenters. The monoisotopic (exact) mass is 540 g/mol. The smallest absolute Gasteiger partial charge is 0.257 e. The summed E-state index contributed by atoms with van der Waals surface area (Å²) in [7, 11) is -4.59. The third kappa shape index (κ3) is 5.14. The average Bonchev–Trinajstić information content (AvgIpc) is 3.29. The van der Waals surface area contributed by atoms with E-state index in [0.29, 0.717) is 48.2 Å². The number of amides is 1. The van der Waals surface area contributed by atoms with Crippen LogP contribution in [-0.4, -0.2) is 38.8 Å². The largest absolute Gasteiger partial charge is 0.333 e. The highest BCUT2D eigenvalue weighted by molar-refractivity contribution is 7.71. The van der Waals surface area contributed by atoms with Crippen LogP contribution in [0.3, 0.4) is 0 Å². The van der Waals surface area contributed by atoms with Crippen molar-refractivity contribution >= 4 is 29.5 Å². The number of carbonyl (C=O) groups is 1. The zero-order chi connectivity index (χ0) is 26.2. The molecule has 2 aromatic carbocycles. The van der Waals surface area contributed by atoms with Crippen LogP contribution in [0, 0.1) is 27.4 Å². The minimum absolute atomic E-state index is 0.176. The number of nitrogens with zero attached hydrogens (tertiary/aromatic N) is 4. The number of benzene rings is 2. The van der Waals surface area contributed by atoms with Crippen LogP contribution in [-0.2, 0) is 10.7 Å². The fourth-order valence-electron chi connectivity index (χ4n) is 4.83. The normalized spacial score (nSPS) is 17.1. The molecule has 1 amide bonds. The van der Waals surface area contributed by atoms with Crippen LogP contribution in [0.25, 0.3) is 5.69 Å². The molecule has 2 aliphatic rings. The van der Waals surface area contributed by atoms with Crippen molar-refractivity contribution in [2.45, 2.75) is 31.8 Å². The van der Waals surface area contributed by atoms with Gasteiger partial charge in [0.1, 0.15) is 0 Å². The van der Waals surface area contributed by atoms with Crippen LogP contribution in [0.1, 0.15) is 35.2 Å². The second-order valence-electron chi connectivity index (χ2n) is 8.52. The van der Waals surface area contributed by atoms with Gasteiger partial charge in [0, 0.05) is 23.5 Å². The summed E-state index contributed by atoms with van der Waals surface area (Å²) < 4.78 is 40.5. The number of halogens is 1. The van der Waals surface area contributed by atoms with Gasteiger partial charge in [-0.05, 0) is 72.9 Å². The summed E-state index contributed by atoms with van der Waals surface area (Å²) in [4.78, 5) is 15.2. The van der Waals surface area contributed by atoms with Gasteiger partial charge in [-0.2, -0.15) is 19.2 Å². The number of fused-ring (bicyclic) bond motifs is 1. The molecule has 3 aromatic rings. The lowest BCUT2D eigenvalue weighted by atomic mass is 9.84. The van der Waals surface area contributed by atoms with Crippen LogP contribution in [0.15, 0.2) is 53.7 Å². The number of para-hydroxylation sites is 1. The number of aromatic nitrogens is 4. The summed E-state index contributed by atoms with van der Waals surface area (Å²) in [6.07, 6.45) is 6.88. The van der Waals surface area contributed by atoms with E-state index < -0.39 is 16.3 Å². The second kappa shape index (κ2) is 10.1. The number of hydrogen-bond acceptors (Lipinski definition) is 9. The van der Waals surface area contributed by atoms with Crippen molar-refractivity contribution < 1.29 is 33.3 Å². The first-order valence-electron chi connectivity index (χ1n) is 11.3. The van der Waals surface area contributed by atoms with Crippen molar-refractivity contribution in [2.75, 3.05) is 16.8 Å². The van der Waals surface area contributed by atoms with Gasteiger partial charge in [0.2, 0.25) is 10.9 Å². The molecule has 0 spiro atoms. The second-order valence-corrected chi connectivity index (χ2v) is 9.82. The van der Waals surface area contributed by atoms with E-state index in [4.69, 9.17) is 22.9 Å². The first-order chi connectivity index (χ1) is 17.7. The molecule has 13 heteroatoms. The lowest BCUT2D eigenvalue weighted by molar-refractivity contribution is -1.92. The number of anilines is 2. The summed E-state index contributed by atoms with van der Waals surface area (Å²) in [6, 6.07) is 12.3. The van der Waals surface area contributed by atoms with E-state index in [-0.39, 0.29) is 17.2 Å². The highest BCUT2D eigenvalue weighted by Crippen LogP contribution is 2.42. The van der Waals surface area contributed by atoms with E-state index in [1.54, 1.807) is 30.3 Å². The number of H-pyrrole nitrogens is 1. The number of carbonyl (C=O) groups excluding carboxylic acids is 1. The van der Waals surface area contributed by atoms with Gasteiger partial charge in [-0.1, -0.05) is 28.4 Å². The average molecular weight is 541 g/mol. The molecule has 1 aliphatic carbocycles. The Morgan fingerprint density at radius 3 is 2.81 bits per heavy atom. The molecule has 1 aliphatic heterocycles. The van der Waals surface area contributed by atoms with Crippen molar-refractivity contribution in [3.05, 3.63) is 69.6 Å². The number of allylic oxidation sites excluding steroid dienone is 1. The Bertz CT molecular complexity index is 1490. The van der Waals surface area contributed by atoms with Crippen LogP contribution >= 0.6 is 12.2 Å². The zero-order valence-corrected chi connectivity index (χ0v) is 20.9. The SMILES string of the molecule is C#CCN1C2=C(Cc3cc(NC(=O)c4ccccc4-n4[nH]nnc4=S)ccc31)C(O[Cl+3]([O-])([O-])[O-])CCC2. The number of rotatable bonds is 6. The molecule has 5 rings (SSSR count). The number of tetrazole rings is 1. The van der Waals surface area contributed by atoms with Gasteiger partial charge >= 0.3 is 0 Å². The van der Waals surface area contributed by atoms with E-state index in [1.807, 2.05) is 17.0 Å². The topological polar surface area (TPSA) is 157 Å². The van der Waals surface area contributed by atoms with Crippen LogP contribution < -0.4 is 24.2 Å². The van der Waals surface area contributed by atoms with Gasteiger partial charge in [0.25, 0.3) is 5.91 Å². The molecular formula is C24H21ClN6O5S. The van der Waals surface area contributed by atoms with Crippen LogP contribution in [0.2, 0.25) is 0 Å². The highest BCUT2D eigenvalue weighted by atomic mass is 35.7. The maximum Gasteiger partial charge on any atom is 0.257 e. The third-order valence-electron chi connectivity index (χ3n) is 6.30. The van der Waals surface area contributed by atoms with Crippen LogP contribution in [0.4, 0.5) is 11.4 Å². The van der Waals surface area contributed by atoms with E-state index in [9.17, 15) is 18.8 Å². The molecule has 190 valence electrons. The molecule has 0 bridgehead atoms. The van der Waals surface area contributed by atoms with E-state index in [0.717, 1.165) is 16.9 Å². The molecule has 0 fully saturated rings. The molecule has 37 heavy (non-hydrogen) atoms. The molecule has 0 saturated carbocycles. The fourth-order valence-corrected chi connectivity index (χ4v) is 5.47. The Morgan fingerprint density at radius 2 is 2.08 bits per heavy atom. The van der Waals surface area contributed by atoms with Gasteiger partial charge in [-0.3, -0.25) is 4.79 Å². The maximum absolute atomic E-state index is 13.2. The number of aromatic amines is 1. The predicted octanol–water partition coefficient (Wildman–Crippen LogP) is 0.293. The van der Waals surface area contributed by atoms with E-state index >= 15 is 0 Å². The summed E-state index contributed by atoms with van der Waals surface area (Å²) >= 11 is 5.17. The summed E-state index contributed by atoms with van der Waals surface area (Å²) in [5.74, 6) is 2.27. The summed E-state index contributed by atoms with van der Waals surface area (Å²) in [5, 5.41) is 13.0. The summed E-state index contributed by atoms with van der Waals surface area (Å²) in [5.41, 5.74) is 4.61. The fraction of sp³-hybridized carbons (Fsp3) is 0.250. The minimum atomic E-state index is -4.59. The zero-order valence-electron chi connectivity index (χ0n) is 19.3. The number of nitrogens with one attached hydrogen (secondary N) is 2. The van der Waals surface area contributed by atoms with Crippen molar-refractivity contribution in [2.24, 2.45) is 0 Å². The van der Waals surface area contributed by atoms with Crippen LogP contribution in [0.5, 0.6) is 0 Å². The van der Waals surface area contributed by atoms with Gasteiger partial charge < -0.3 is 10.2 Å². The number of hydrogen-bond donors (Lipinski definition) is 2. The maximum atomic E-state index is 13.2. The molecule has 1 aromatic heterocycles. The summed E-state index contributed by atoms with van der Waals surface area (Å²) in [6.45, 7) is 0.262. The van der Waals surface area contributed by atoms with Crippen molar-refractivity contribution in [1.82, 2.24) is 20.2 Å². The Morgan fingerprint density at radius 1 is 1.27 bits per heavy atom. The molecule has 1 unspecified atom stereocenters. The highest BCUT2D eigenvalue weighted by Gasteiger charge is 2.40. The number of terminal acetylenes is 1. The Hall–Kier alpha value is -3.57. The van der Waals surface area contributed by atoms with Gasteiger partial charge in [-0.25, -0.2) is 4.68 Å². The Kier molecular flexibility index (Phi) is 6.82. The molecule has 2 heterocycles. The molecule has 2 N–H and O–H groups in total. The molecule has 0 saturated heterocycles. The lowest BCUT2D eigenvalue weighted by Crippen LogP contribution is -2.62. The third-order valence-corrected chi connectivity index (χ3v) is 7.00. The predicted molar refractivity (Wildman–Crippen MR) is 127 cm³/mol. The van der Waals surface area contributed by atoms with Crippen molar-refractivity contribution in [1.29, 1.82) is 0 Å². The van der Waals surface area contributed by atoms with Gasteiger partial charge in [-0.15, -0.1) is 6.42 Å². The van der Waals surface area contributed by atoms with Gasteiger partial charge in [0.05, 0.1) is 32.3 Å². The lowest BCUT2D eigenvalue weighted by Gasteiger charge is -2.38. The Labute approximate surface area is 219 Å². The van der Waals surface area contributed by atoms with E-state index in [1.165, 1.54) is 4.68 Å². The van der Waals surface area contributed by atoms with Gasteiger partial charge in [0.15, 0.2) is 0 Å². The molecule has 0 radical (unpaired) electrons. The first-order valence-corrected chi connectivity index (χ1v) is 13.0. The Balaban J connectivity index is 1.46. The quantitative estimate of drug-likeness (QED) is 0.331. The standard InChI is InChI=1S/C24H21ClN6O5S/c1-2-12-30-19-11-10-16(13-15(19)14-18-20(30)8-5-9-22(18)36-25(33,34)35)26-23(32)17-6-3-4-7-21(17)31-24(37)27-28-29-31/h1,3-4,6-7,10-11,13,22H,5,8-9,12,14H2,(H,26,32)(H,27,29,37). The van der Waals surface area contributed by atoms with E-state index in [2.05, 4.69) is 26.8 Å². The van der Waals surface area contributed by atoms with Crippen molar-refractivity contribution in [3.8, 4) is 18.0 Å². The molecule has 11 nitrogen and oxygen atoms in total. The first kappa shape index (κ1) is 25.1. The minimum Gasteiger partial charge on any atom is -0.333 e. The van der Waals surface area contributed by atoms with Crippen molar-refractivity contribution in [3.63, 3.8) is 0 Å².